The lowest BCUT2D eigenvalue weighted by Crippen LogP contribution is -2.20. The molecule has 0 aliphatic heterocycles. The number of primary amides is 1. The summed E-state index contributed by atoms with van der Waals surface area (Å²) in [6, 6.07) is 18.4. The zero-order valence-electron chi connectivity index (χ0n) is 14.3. The van der Waals surface area contributed by atoms with Crippen LogP contribution in [0.1, 0.15) is 0 Å². The molecule has 3 N–H and O–H groups in total. The summed E-state index contributed by atoms with van der Waals surface area (Å²) in [6.07, 6.45) is 0. The van der Waals surface area contributed by atoms with Crippen LogP contribution in [0.3, 0.4) is 0 Å². The van der Waals surface area contributed by atoms with Gasteiger partial charge in [0.1, 0.15) is 5.75 Å². The number of amides is 2. The summed E-state index contributed by atoms with van der Waals surface area (Å²) in [5, 5.41) is 5.46. The van der Waals surface area contributed by atoms with Crippen LogP contribution in [-0.2, 0) is 9.59 Å². The Morgan fingerprint density at radius 2 is 1.81 bits per heavy atom. The zero-order chi connectivity index (χ0) is 19.2. The number of hydrogen-bond donors (Lipinski definition) is 2. The summed E-state index contributed by atoms with van der Waals surface area (Å²) in [5.41, 5.74) is 5.64. The van der Waals surface area contributed by atoms with Crippen LogP contribution in [0.5, 0.6) is 5.75 Å². The Labute approximate surface area is 165 Å². The molecule has 7 heteroatoms. The van der Waals surface area contributed by atoms with Gasteiger partial charge in [0.25, 0.3) is 5.91 Å². The number of ether oxygens (including phenoxy) is 1. The Kier molecular flexibility index (Phi) is 6.21. The van der Waals surface area contributed by atoms with Gasteiger partial charge >= 0.3 is 0 Å². The van der Waals surface area contributed by atoms with Gasteiger partial charge in [-0.1, -0.05) is 41.9 Å². The summed E-state index contributed by atoms with van der Waals surface area (Å²) in [7, 11) is 0. The number of halogens is 1. The second kappa shape index (κ2) is 8.79. The molecule has 0 spiro atoms. The minimum absolute atomic E-state index is 0.156. The Bertz CT molecular complexity index is 989. The summed E-state index contributed by atoms with van der Waals surface area (Å²) < 4.78 is 5.23. The first-order chi connectivity index (χ1) is 13.0. The number of hydrogen-bond acceptors (Lipinski definition) is 4. The largest absolute Gasteiger partial charge is 0.484 e. The normalized spacial score (nSPS) is 10.6. The minimum Gasteiger partial charge on any atom is -0.484 e. The van der Waals surface area contributed by atoms with Gasteiger partial charge in [0.05, 0.1) is 5.75 Å². The molecule has 3 rings (SSSR count). The lowest BCUT2D eigenvalue weighted by molar-refractivity contribution is -0.120. The number of nitrogens with one attached hydrogen (secondary N) is 1. The van der Waals surface area contributed by atoms with E-state index in [4.69, 9.17) is 22.1 Å². The predicted molar refractivity (Wildman–Crippen MR) is 109 cm³/mol. The Morgan fingerprint density at radius 1 is 1.07 bits per heavy atom. The van der Waals surface area contributed by atoms with E-state index in [1.165, 1.54) is 11.8 Å². The maximum atomic E-state index is 12.3. The van der Waals surface area contributed by atoms with Crippen molar-refractivity contribution in [2.75, 3.05) is 17.7 Å². The molecule has 2 amide bonds. The van der Waals surface area contributed by atoms with Gasteiger partial charge in [-0.15, -0.1) is 11.8 Å². The van der Waals surface area contributed by atoms with Crippen molar-refractivity contribution in [1.29, 1.82) is 0 Å². The van der Waals surface area contributed by atoms with Crippen LogP contribution in [0.2, 0.25) is 5.02 Å². The van der Waals surface area contributed by atoms with Gasteiger partial charge in [0, 0.05) is 27.1 Å². The molecule has 3 aromatic rings. The Hall–Kier alpha value is -2.70. The second-order valence-electron chi connectivity index (χ2n) is 5.71. The topological polar surface area (TPSA) is 81.4 Å². The summed E-state index contributed by atoms with van der Waals surface area (Å²) in [6.45, 7) is -0.213. The Balaban J connectivity index is 1.64. The number of rotatable bonds is 7. The number of anilines is 1. The number of thioether (sulfide) groups is 1. The highest BCUT2D eigenvalue weighted by Gasteiger charge is 2.09. The first-order valence-electron chi connectivity index (χ1n) is 8.14. The van der Waals surface area contributed by atoms with Gasteiger partial charge in [0.2, 0.25) is 5.91 Å². The average Bonchev–Trinajstić information content (AvgIpc) is 2.65. The molecular formula is C20H17ClN2O3S. The highest BCUT2D eigenvalue weighted by molar-refractivity contribution is 8.00. The van der Waals surface area contributed by atoms with E-state index >= 15 is 0 Å². The first kappa shape index (κ1) is 19.1. The van der Waals surface area contributed by atoms with E-state index in [-0.39, 0.29) is 18.3 Å². The van der Waals surface area contributed by atoms with Crippen molar-refractivity contribution in [3.8, 4) is 5.75 Å². The molecule has 0 radical (unpaired) electrons. The molecule has 138 valence electrons. The van der Waals surface area contributed by atoms with E-state index < -0.39 is 5.91 Å². The minimum atomic E-state index is -0.561. The quantitative estimate of drug-likeness (QED) is 0.585. The van der Waals surface area contributed by atoms with Crippen LogP contribution in [0, 0.1) is 0 Å². The predicted octanol–water partition coefficient (Wildman–Crippen LogP) is 4.09. The number of nitrogens with two attached hydrogens (primary N) is 1. The van der Waals surface area contributed by atoms with Crippen LogP contribution >= 0.6 is 23.4 Å². The third-order valence-electron chi connectivity index (χ3n) is 3.67. The summed E-state index contributed by atoms with van der Waals surface area (Å²) in [5.74, 6) is -0.0257. The summed E-state index contributed by atoms with van der Waals surface area (Å²) >= 11 is 7.74. The number of carbonyl (C=O) groups is 2. The zero-order valence-corrected chi connectivity index (χ0v) is 15.8. The maximum Gasteiger partial charge on any atom is 0.255 e. The third-order valence-corrected chi connectivity index (χ3v) is 5.05. The summed E-state index contributed by atoms with van der Waals surface area (Å²) in [4.78, 5) is 24.0. The van der Waals surface area contributed by atoms with Gasteiger partial charge in [-0.2, -0.15) is 0 Å². The van der Waals surface area contributed by atoms with Crippen LogP contribution in [0.4, 0.5) is 5.69 Å². The fourth-order valence-electron chi connectivity index (χ4n) is 2.54. The monoisotopic (exact) mass is 400 g/mol. The number of carbonyl (C=O) groups excluding carboxylic acids is 2. The molecule has 0 saturated heterocycles. The van der Waals surface area contributed by atoms with Crippen molar-refractivity contribution < 1.29 is 14.3 Å². The fraction of sp³-hybridized carbons (Fsp3) is 0.100. The SMILES string of the molecule is NC(=O)COc1cccc(NC(=O)CSc2cccc3cccc(Cl)c23)c1. The third kappa shape index (κ3) is 5.15. The van der Waals surface area contributed by atoms with Crippen LogP contribution < -0.4 is 15.8 Å². The van der Waals surface area contributed by atoms with Crippen LogP contribution in [0.15, 0.2) is 65.6 Å². The van der Waals surface area contributed by atoms with Crippen molar-refractivity contribution >= 4 is 51.6 Å². The smallest absolute Gasteiger partial charge is 0.255 e. The van der Waals surface area contributed by atoms with Crippen molar-refractivity contribution in [3.63, 3.8) is 0 Å². The van der Waals surface area contributed by atoms with Crippen molar-refractivity contribution in [1.82, 2.24) is 0 Å². The highest BCUT2D eigenvalue weighted by atomic mass is 35.5. The van der Waals surface area contributed by atoms with Crippen LogP contribution in [0.25, 0.3) is 10.8 Å². The standard InChI is InChI=1S/C20H17ClN2O3S/c21-16-8-1-4-13-5-2-9-17(20(13)16)27-12-19(25)23-14-6-3-7-15(10-14)26-11-18(22)24/h1-10H,11-12H2,(H2,22,24)(H,23,25). The van der Waals surface area contributed by atoms with E-state index in [1.54, 1.807) is 24.3 Å². The molecule has 0 fully saturated rings. The first-order valence-corrected chi connectivity index (χ1v) is 9.50. The molecule has 0 aliphatic carbocycles. The molecular weight excluding hydrogens is 384 g/mol. The van der Waals surface area contributed by atoms with Gasteiger partial charge in [0.15, 0.2) is 6.61 Å². The molecule has 0 aromatic heterocycles. The van der Waals surface area contributed by atoms with E-state index in [0.717, 1.165) is 15.7 Å². The van der Waals surface area contributed by atoms with Gasteiger partial charge in [-0.05, 0) is 29.7 Å². The highest BCUT2D eigenvalue weighted by Crippen LogP contribution is 2.33. The van der Waals surface area contributed by atoms with Crippen molar-refractivity contribution in [3.05, 3.63) is 65.7 Å². The van der Waals surface area contributed by atoms with E-state index in [1.807, 2.05) is 36.4 Å². The van der Waals surface area contributed by atoms with Crippen molar-refractivity contribution in [2.24, 2.45) is 5.73 Å². The van der Waals surface area contributed by atoms with E-state index in [0.29, 0.717) is 16.5 Å². The Morgan fingerprint density at radius 3 is 2.59 bits per heavy atom. The van der Waals surface area contributed by atoms with Crippen molar-refractivity contribution in [2.45, 2.75) is 4.90 Å². The van der Waals surface area contributed by atoms with Crippen LogP contribution in [-0.4, -0.2) is 24.2 Å². The van der Waals surface area contributed by atoms with E-state index in [2.05, 4.69) is 5.32 Å². The average molecular weight is 401 g/mol. The lowest BCUT2D eigenvalue weighted by atomic mass is 10.1. The van der Waals surface area contributed by atoms with Gasteiger partial charge < -0.3 is 15.8 Å². The van der Waals surface area contributed by atoms with Gasteiger partial charge in [-0.25, -0.2) is 0 Å². The molecule has 0 unspecified atom stereocenters. The van der Waals surface area contributed by atoms with Gasteiger partial charge in [-0.3, -0.25) is 9.59 Å². The number of benzene rings is 3. The molecule has 0 saturated carbocycles. The molecule has 0 atom stereocenters. The molecule has 0 heterocycles. The van der Waals surface area contributed by atoms with E-state index in [9.17, 15) is 9.59 Å². The molecule has 0 bridgehead atoms. The second-order valence-corrected chi connectivity index (χ2v) is 7.14. The molecule has 27 heavy (non-hydrogen) atoms. The molecule has 0 aliphatic rings. The number of fused-ring (bicyclic) bond motifs is 1. The fourth-order valence-corrected chi connectivity index (χ4v) is 3.79. The molecule has 5 nitrogen and oxygen atoms in total. The maximum absolute atomic E-state index is 12.3. The lowest BCUT2D eigenvalue weighted by Gasteiger charge is -2.10. The molecule has 3 aromatic carbocycles.